The number of hydrogen-bond donors (Lipinski definition) is 2. The molecular weight excluding hydrogens is 349 g/mol. The highest BCUT2D eigenvalue weighted by atomic mass is 32.2. The fourth-order valence-electron chi connectivity index (χ4n) is 2.63. The van der Waals surface area contributed by atoms with Gasteiger partial charge in [0.15, 0.2) is 0 Å². The van der Waals surface area contributed by atoms with Crippen molar-refractivity contribution >= 4 is 21.8 Å². The molecule has 2 rings (SSSR count). The van der Waals surface area contributed by atoms with Gasteiger partial charge in [0.2, 0.25) is 10.0 Å². The first-order valence-electron chi connectivity index (χ1n) is 8.01. The quantitative estimate of drug-likeness (QED) is 0.725. The Kier molecular flexibility index (Phi) is 6.49. The second kappa shape index (κ2) is 8.39. The molecule has 1 saturated heterocycles. The number of piperidine rings is 1. The number of benzene rings is 1. The van der Waals surface area contributed by atoms with E-state index in [0.29, 0.717) is 38.0 Å². The maximum Gasteiger partial charge on any atom is 0.309 e. The third-order valence-corrected chi connectivity index (χ3v) is 5.47. The van der Waals surface area contributed by atoms with E-state index < -0.39 is 21.8 Å². The van der Waals surface area contributed by atoms with E-state index in [0.717, 1.165) is 0 Å². The first kappa shape index (κ1) is 19.3. The standard InChI is InChI=1S/C16H22FN3O4S/c1-25(23,24)20-8-6-13(7-9-20)11-19-16(22)15(21)18-10-12-2-4-14(17)5-3-12/h2-5,13H,6-11H2,1H3,(H,18,21)(H,19,22). The van der Waals surface area contributed by atoms with Gasteiger partial charge in [0.25, 0.3) is 0 Å². The lowest BCUT2D eigenvalue weighted by atomic mass is 9.98. The zero-order chi connectivity index (χ0) is 18.4. The topological polar surface area (TPSA) is 95.6 Å². The van der Waals surface area contributed by atoms with Crippen LogP contribution in [0.5, 0.6) is 0 Å². The molecule has 7 nitrogen and oxygen atoms in total. The van der Waals surface area contributed by atoms with Gasteiger partial charge in [-0.3, -0.25) is 9.59 Å². The first-order chi connectivity index (χ1) is 11.8. The van der Waals surface area contributed by atoms with Crippen LogP contribution in [-0.2, 0) is 26.2 Å². The van der Waals surface area contributed by atoms with Crippen LogP contribution in [0.15, 0.2) is 24.3 Å². The summed E-state index contributed by atoms with van der Waals surface area (Å²) in [4.78, 5) is 23.5. The number of halogens is 1. The van der Waals surface area contributed by atoms with Crippen LogP contribution >= 0.6 is 0 Å². The van der Waals surface area contributed by atoms with Gasteiger partial charge in [0, 0.05) is 26.2 Å². The molecule has 25 heavy (non-hydrogen) atoms. The summed E-state index contributed by atoms with van der Waals surface area (Å²) in [5.41, 5.74) is 0.690. The van der Waals surface area contributed by atoms with Crippen molar-refractivity contribution < 1.29 is 22.4 Å². The van der Waals surface area contributed by atoms with Gasteiger partial charge in [-0.15, -0.1) is 0 Å². The van der Waals surface area contributed by atoms with Gasteiger partial charge >= 0.3 is 11.8 Å². The highest BCUT2D eigenvalue weighted by Gasteiger charge is 2.25. The van der Waals surface area contributed by atoms with Crippen LogP contribution in [0.3, 0.4) is 0 Å². The maximum atomic E-state index is 12.8. The Balaban J connectivity index is 1.69. The molecular formula is C16H22FN3O4S. The van der Waals surface area contributed by atoms with E-state index in [2.05, 4.69) is 10.6 Å². The first-order valence-corrected chi connectivity index (χ1v) is 9.86. The zero-order valence-corrected chi connectivity index (χ0v) is 14.8. The lowest BCUT2D eigenvalue weighted by Crippen LogP contribution is -2.44. The predicted molar refractivity (Wildman–Crippen MR) is 90.4 cm³/mol. The van der Waals surface area contributed by atoms with E-state index >= 15 is 0 Å². The molecule has 0 saturated carbocycles. The fourth-order valence-corrected chi connectivity index (χ4v) is 3.50. The van der Waals surface area contributed by atoms with E-state index in [1.165, 1.54) is 34.8 Å². The summed E-state index contributed by atoms with van der Waals surface area (Å²) in [6, 6.07) is 5.63. The molecule has 2 N–H and O–H groups in total. The van der Waals surface area contributed by atoms with Crippen LogP contribution in [-0.4, -0.2) is 50.4 Å². The van der Waals surface area contributed by atoms with Crippen molar-refractivity contribution in [3.8, 4) is 0 Å². The number of hydrogen-bond acceptors (Lipinski definition) is 4. The maximum absolute atomic E-state index is 12.8. The molecule has 1 aliphatic heterocycles. The zero-order valence-electron chi connectivity index (χ0n) is 14.0. The molecule has 0 atom stereocenters. The Hall–Kier alpha value is -2.00. The monoisotopic (exact) mass is 371 g/mol. The molecule has 0 bridgehead atoms. The van der Waals surface area contributed by atoms with Crippen molar-refractivity contribution in [3.05, 3.63) is 35.6 Å². The number of carbonyl (C=O) groups is 2. The van der Waals surface area contributed by atoms with Crippen LogP contribution < -0.4 is 10.6 Å². The highest BCUT2D eigenvalue weighted by molar-refractivity contribution is 7.88. The molecule has 1 fully saturated rings. The third kappa shape index (κ3) is 6.09. The Labute approximate surface area is 146 Å². The van der Waals surface area contributed by atoms with E-state index in [4.69, 9.17) is 0 Å². The minimum Gasteiger partial charge on any atom is -0.348 e. The number of nitrogens with one attached hydrogen (secondary N) is 2. The third-order valence-electron chi connectivity index (χ3n) is 4.17. The van der Waals surface area contributed by atoms with E-state index in [1.807, 2.05) is 0 Å². The van der Waals surface area contributed by atoms with Gasteiger partial charge in [-0.1, -0.05) is 12.1 Å². The van der Waals surface area contributed by atoms with Crippen LogP contribution in [0.25, 0.3) is 0 Å². The summed E-state index contributed by atoms with van der Waals surface area (Å²) >= 11 is 0. The Morgan fingerprint density at radius 2 is 1.68 bits per heavy atom. The summed E-state index contributed by atoms with van der Waals surface area (Å²) in [6.45, 7) is 1.33. The summed E-state index contributed by atoms with van der Waals surface area (Å²) in [5, 5.41) is 5.04. The minimum absolute atomic E-state index is 0.138. The van der Waals surface area contributed by atoms with Crippen LogP contribution in [0.2, 0.25) is 0 Å². The molecule has 138 valence electrons. The van der Waals surface area contributed by atoms with Gasteiger partial charge in [0.05, 0.1) is 6.26 Å². The van der Waals surface area contributed by atoms with Crippen LogP contribution in [0.4, 0.5) is 4.39 Å². The highest BCUT2D eigenvalue weighted by Crippen LogP contribution is 2.18. The Bertz CT molecular complexity index is 713. The molecule has 0 radical (unpaired) electrons. The normalized spacial score (nSPS) is 16.4. The Morgan fingerprint density at radius 1 is 1.12 bits per heavy atom. The van der Waals surface area contributed by atoms with E-state index in [9.17, 15) is 22.4 Å². The lowest BCUT2D eigenvalue weighted by Gasteiger charge is -2.30. The number of rotatable bonds is 5. The smallest absolute Gasteiger partial charge is 0.309 e. The molecule has 1 heterocycles. The molecule has 9 heteroatoms. The minimum atomic E-state index is -3.17. The molecule has 2 amide bonds. The molecule has 0 unspecified atom stereocenters. The van der Waals surface area contributed by atoms with Gasteiger partial charge < -0.3 is 10.6 Å². The fraction of sp³-hybridized carbons (Fsp3) is 0.500. The van der Waals surface area contributed by atoms with Crippen molar-refractivity contribution in [1.29, 1.82) is 0 Å². The lowest BCUT2D eigenvalue weighted by molar-refractivity contribution is -0.139. The van der Waals surface area contributed by atoms with Crippen molar-refractivity contribution in [2.45, 2.75) is 19.4 Å². The average Bonchev–Trinajstić information content (AvgIpc) is 2.58. The van der Waals surface area contributed by atoms with Crippen molar-refractivity contribution in [2.24, 2.45) is 5.92 Å². The summed E-state index contributed by atoms with van der Waals surface area (Å²) in [5.74, 6) is -1.70. The van der Waals surface area contributed by atoms with Gasteiger partial charge in [-0.2, -0.15) is 0 Å². The number of sulfonamides is 1. The molecule has 0 aromatic heterocycles. The largest absolute Gasteiger partial charge is 0.348 e. The van der Waals surface area contributed by atoms with Crippen LogP contribution in [0.1, 0.15) is 18.4 Å². The van der Waals surface area contributed by atoms with Gasteiger partial charge in [0.1, 0.15) is 5.82 Å². The number of carbonyl (C=O) groups excluding carboxylic acids is 2. The average molecular weight is 371 g/mol. The predicted octanol–water partition coefficient (Wildman–Crippen LogP) is 0.230. The van der Waals surface area contributed by atoms with Crippen LogP contribution in [0, 0.1) is 11.7 Å². The second-order valence-electron chi connectivity index (χ2n) is 6.12. The summed E-state index contributed by atoms with van der Waals surface area (Å²) in [6.07, 6.45) is 2.47. The van der Waals surface area contributed by atoms with Crippen molar-refractivity contribution in [3.63, 3.8) is 0 Å². The second-order valence-corrected chi connectivity index (χ2v) is 8.11. The van der Waals surface area contributed by atoms with E-state index in [1.54, 1.807) is 0 Å². The number of amides is 2. The molecule has 0 aliphatic carbocycles. The summed E-state index contributed by atoms with van der Waals surface area (Å²) < 4.78 is 37.1. The molecule has 0 spiro atoms. The van der Waals surface area contributed by atoms with Crippen molar-refractivity contribution in [2.75, 3.05) is 25.9 Å². The van der Waals surface area contributed by atoms with Crippen molar-refractivity contribution in [1.82, 2.24) is 14.9 Å². The Morgan fingerprint density at radius 3 is 2.24 bits per heavy atom. The van der Waals surface area contributed by atoms with E-state index in [-0.39, 0.29) is 18.3 Å². The molecule has 1 aromatic rings. The summed E-state index contributed by atoms with van der Waals surface area (Å²) in [7, 11) is -3.17. The number of nitrogens with zero attached hydrogens (tertiary/aromatic N) is 1. The van der Waals surface area contributed by atoms with Gasteiger partial charge in [-0.05, 0) is 36.5 Å². The molecule has 1 aromatic carbocycles. The van der Waals surface area contributed by atoms with Gasteiger partial charge in [-0.25, -0.2) is 17.1 Å². The SMILES string of the molecule is CS(=O)(=O)N1CCC(CNC(=O)C(=O)NCc2ccc(F)cc2)CC1. The molecule has 1 aliphatic rings.